The molecule has 0 aliphatic carbocycles. The van der Waals surface area contributed by atoms with Crippen molar-refractivity contribution in [2.75, 3.05) is 0 Å². The fourth-order valence-corrected chi connectivity index (χ4v) is 1.78. The van der Waals surface area contributed by atoms with Gasteiger partial charge in [-0.3, -0.25) is 0 Å². The average molecular weight is 254 g/mol. The molecule has 0 saturated carbocycles. The van der Waals surface area contributed by atoms with Gasteiger partial charge >= 0.3 is 0 Å². The molecule has 0 aliphatic rings. The molecule has 0 spiro atoms. The number of aryl methyl sites for hydroxylation is 1. The van der Waals surface area contributed by atoms with E-state index < -0.39 is 23.3 Å². The van der Waals surface area contributed by atoms with E-state index in [1.165, 1.54) is 24.3 Å². The van der Waals surface area contributed by atoms with Gasteiger partial charge < -0.3 is 0 Å². The first-order valence-corrected chi connectivity index (χ1v) is 5.47. The van der Waals surface area contributed by atoms with Gasteiger partial charge in [-0.2, -0.15) is 0 Å². The van der Waals surface area contributed by atoms with Crippen LogP contribution in [0.25, 0.3) is 11.1 Å². The van der Waals surface area contributed by atoms with Crippen LogP contribution >= 0.6 is 0 Å². The van der Waals surface area contributed by atoms with Crippen molar-refractivity contribution in [1.29, 1.82) is 0 Å². The van der Waals surface area contributed by atoms with Crippen molar-refractivity contribution in [2.24, 2.45) is 0 Å². The van der Waals surface area contributed by atoms with Gasteiger partial charge in [0.2, 0.25) is 0 Å². The lowest BCUT2D eigenvalue weighted by Crippen LogP contribution is -1.98. The second-order valence-corrected chi connectivity index (χ2v) is 3.86. The third-order valence-corrected chi connectivity index (χ3v) is 2.78. The van der Waals surface area contributed by atoms with E-state index in [4.69, 9.17) is 0 Å². The van der Waals surface area contributed by atoms with E-state index in [-0.39, 0.29) is 16.7 Å². The highest BCUT2D eigenvalue weighted by Crippen LogP contribution is 2.29. The minimum Gasteiger partial charge on any atom is -0.204 e. The van der Waals surface area contributed by atoms with Crippen molar-refractivity contribution >= 4 is 0 Å². The Balaban J connectivity index is 2.65. The number of rotatable bonds is 2. The monoisotopic (exact) mass is 254 g/mol. The molecule has 0 amide bonds. The zero-order valence-electron chi connectivity index (χ0n) is 9.61. The molecule has 0 N–H and O–H groups in total. The zero-order valence-corrected chi connectivity index (χ0v) is 9.61. The van der Waals surface area contributed by atoms with Gasteiger partial charge in [-0.15, -0.1) is 0 Å². The van der Waals surface area contributed by atoms with E-state index >= 15 is 0 Å². The predicted octanol–water partition coefficient (Wildman–Crippen LogP) is 4.47. The molecule has 4 heteroatoms. The maximum atomic E-state index is 13.8. The summed E-state index contributed by atoms with van der Waals surface area (Å²) in [5.74, 6) is -4.44. The molecular weight excluding hydrogens is 244 g/mol. The molecule has 2 aromatic carbocycles. The van der Waals surface area contributed by atoms with E-state index in [2.05, 4.69) is 0 Å². The van der Waals surface area contributed by atoms with Crippen LogP contribution in [0.15, 0.2) is 30.3 Å². The summed E-state index contributed by atoms with van der Waals surface area (Å²) >= 11 is 0. The highest BCUT2D eigenvalue weighted by Gasteiger charge is 2.17. The van der Waals surface area contributed by atoms with Crippen LogP contribution in [0, 0.1) is 23.3 Å². The minimum atomic E-state index is -1.18. The third-order valence-electron chi connectivity index (χ3n) is 2.78. The smallest absolute Gasteiger partial charge is 0.167 e. The average Bonchev–Trinajstić information content (AvgIpc) is 2.37. The maximum absolute atomic E-state index is 13.8. The van der Waals surface area contributed by atoms with Crippen LogP contribution < -0.4 is 0 Å². The van der Waals surface area contributed by atoms with Crippen molar-refractivity contribution in [3.63, 3.8) is 0 Å². The van der Waals surface area contributed by atoms with Crippen LogP contribution in [0.1, 0.15) is 12.5 Å². The molecule has 0 fully saturated rings. The van der Waals surface area contributed by atoms with Crippen LogP contribution in [0.2, 0.25) is 0 Å². The van der Waals surface area contributed by atoms with Crippen molar-refractivity contribution in [3.05, 3.63) is 59.2 Å². The molecule has 0 heterocycles. The Morgan fingerprint density at radius 3 is 2.11 bits per heavy atom. The second-order valence-electron chi connectivity index (χ2n) is 3.86. The van der Waals surface area contributed by atoms with E-state index in [0.717, 1.165) is 6.07 Å². The van der Waals surface area contributed by atoms with Gasteiger partial charge in [-0.25, -0.2) is 17.6 Å². The molecule has 0 unspecified atom stereocenters. The van der Waals surface area contributed by atoms with E-state index in [0.29, 0.717) is 6.42 Å². The van der Waals surface area contributed by atoms with Gasteiger partial charge in [0, 0.05) is 11.1 Å². The number of hydrogen-bond acceptors (Lipinski definition) is 0. The molecular formula is C14H10F4. The Kier molecular flexibility index (Phi) is 3.36. The molecule has 0 aromatic heterocycles. The summed E-state index contributed by atoms with van der Waals surface area (Å²) < 4.78 is 53.9. The largest absolute Gasteiger partial charge is 0.204 e. The summed E-state index contributed by atoms with van der Waals surface area (Å²) in [4.78, 5) is 0. The normalized spacial score (nSPS) is 10.7. The molecule has 0 aliphatic heterocycles. The summed E-state index contributed by atoms with van der Waals surface area (Å²) in [7, 11) is 0. The molecule has 94 valence electrons. The number of benzene rings is 2. The van der Waals surface area contributed by atoms with Gasteiger partial charge in [0.25, 0.3) is 0 Å². The van der Waals surface area contributed by atoms with Crippen LogP contribution in [0.4, 0.5) is 17.6 Å². The highest BCUT2D eigenvalue weighted by molar-refractivity contribution is 5.65. The Labute approximate surface area is 102 Å². The van der Waals surface area contributed by atoms with Crippen LogP contribution in [0.3, 0.4) is 0 Å². The van der Waals surface area contributed by atoms with Gasteiger partial charge in [-0.05, 0) is 18.1 Å². The fraction of sp³-hybridized carbons (Fsp3) is 0.143. The first kappa shape index (κ1) is 12.6. The first-order valence-electron chi connectivity index (χ1n) is 5.47. The minimum absolute atomic E-state index is 0.202. The molecule has 0 saturated heterocycles. The SMILES string of the molecule is CCc1ccc(-c2cccc(F)c2F)c(F)c1F. The maximum Gasteiger partial charge on any atom is 0.167 e. The molecule has 2 rings (SSSR count). The Hall–Kier alpha value is -1.84. The van der Waals surface area contributed by atoms with E-state index in [9.17, 15) is 17.6 Å². The van der Waals surface area contributed by atoms with Gasteiger partial charge in [0.1, 0.15) is 0 Å². The fourth-order valence-electron chi connectivity index (χ4n) is 1.78. The Bertz CT molecular complexity index is 591. The van der Waals surface area contributed by atoms with Crippen molar-refractivity contribution in [3.8, 4) is 11.1 Å². The predicted molar refractivity (Wildman–Crippen MR) is 61.1 cm³/mol. The summed E-state index contributed by atoms with van der Waals surface area (Å²) in [6.45, 7) is 1.68. The lowest BCUT2D eigenvalue weighted by atomic mass is 10.0. The topological polar surface area (TPSA) is 0 Å². The van der Waals surface area contributed by atoms with Crippen LogP contribution in [-0.2, 0) is 6.42 Å². The van der Waals surface area contributed by atoms with Gasteiger partial charge in [0.05, 0.1) is 0 Å². The summed E-state index contributed by atoms with van der Waals surface area (Å²) in [6, 6.07) is 6.02. The highest BCUT2D eigenvalue weighted by atomic mass is 19.2. The third kappa shape index (κ3) is 1.98. The van der Waals surface area contributed by atoms with Crippen molar-refractivity contribution in [1.82, 2.24) is 0 Å². The van der Waals surface area contributed by atoms with Crippen molar-refractivity contribution < 1.29 is 17.6 Å². The second kappa shape index (κ2) is 4.80. The molecule has 2 aromatic rings. The first-order chi connectivity index (χ1) is 8.56. The molecule has 0 radical (unpaired) electrons. The lowest BCUT2D eigenvalue weighted by Gasteiger charge is -2.08. The van der Waals surface area contributed by atoms with Crippen LogP contribution in [-0.4, -0.2) is 0 Å². The number of hydrogen-bond donors (Lipinski definition) is 0. The van der Waals surface area contributed by atoms with Crippen molar-refractivity contribution in [2.45, 2.75) is 13.3 Å². The van der Waals surface area contributed by atoms with Gasteiger partial charge in [-0.1, -0.05) is 31.2 Å². The standard InChI is InChI=1S/C14H10F4/c1-2-8-6-7-10(14(18)12(8)16)9-4-3-5-11(15)13(9)17/h3-7H,2H2,1H3. The Morgan fingerprint density at radius 1 is 0.778 bits per heavy atom. The van der Waals surface area contributed by atoms with E-state index in [1.54, 1.807) is 6.92 Å². The summed E-state index contributed by atoms with van der Waals surface area (Å²) in [5.41, 5.74) is -0.358. The van der Waals surface area contributed by atoms with Crippen LogP contribution in [0.5, 0.6) is 0 Å². The molecule has 0 bridgehead atoms. The molecule has 0 nitrogen and oxygen atoms in total. The summed E-state index contributed by atoms with van der Waals surface area (Å²) in [5, 5.41) is 0. The van der Waals surface area contributed by atoms with Gasteiger partial charge in [0.15, 0.2) is 23.3 Å². The quantitative estimate of drug-likeness (QED) is 0.693. The molecule has 18 heavy (non-hydrogen) atoms. The summed E-state index contributed by atoms with van der Waals surface area (Å²) in [6.07, 6.45) is 0.328. The van der Waals surface area contributed by atoms with E-state index in [1.807, 2.05) is 0 Å². The molecule has 0 atom stereocenters. The lowest BCUT2D eigenvalue weighted by molar-refractivity contribution is 0.496. The number of halogens is 4. The zero-order chi connectivity index (χ0) is 13.3. The Morgan fingerprint density at radius 2 is 1.44 bits per heavy atom.